The lowest BCUT2D eigenvalue weighted by atomic mass is 10.1. The van der Waals surface area contributed by atoms with E-state index >= 15 is 0 Å². The Morgan fingerprint density at radius 1 is 0.853 bits per heavy atom. The molecule has 0 aromatic heterocycles. The minimum Gasteiger partial charge on any atom is -0.497 e. The van der Waals surface area contributed by atoms with Crippen LogP contribution in [0, 0.1) is 0 Å². The number of amides is 1. The Labute approximate surface area is 203 Å². The number of carbonyl (C=O) groups excluding carboxylic acids is 2. The monoisotopic (exact) mass is 483 g/mol. The number of ether oxygens (including phenoxy) is 4. The van der Waals surface area contributed by atoms with Crippen LogP contribution in [0.4, 0.5) is 0 Å². The third kappa shape index (κ3) is 6.65. The summed E-state index contributed by atoms with van der Waals surface area (Å²) < 4.78 is 22.4. The van der Waals surface area contributed by atoms with Crippen molar-refractivity contribution in [2.75, 3.05) is 20.8 Å². The molecule has 0 aliphatic carbocycles. The number of hydrogen-bond donors (Lipinski definition) is 1. The molecule has 34 heavy (non-hydrogen) atoms. The van der Waals surface area contributed by atoms with Gasteiger partial charge in [-0.05, 0) is 47.5 Å². The first-order valence-electron chi connectivity index (χ1n) is 10.6. The van der Waals surface area contributed by atoms with Crippen molar-refractivity contribution in [1.29, 1.82) is 0 Å². The van der Waals surface area contributed by atoms with Gasteiger partial charge in [0, 0.05) is 13.0 Å². The van der Waals surface area contributed by atoms with Gasteiger partial charge in [0.25, 0.3) is 5.91 Å². The normalized spacial score (nSPS) is 10.3. The van der Waals surface area contributed by atoms with Crippen LogP contribution in [0.15, 0.2) is 60.7 Å². The van der Waals surface area contributed by atoms with Gasteiger partial charge in [-0.15, -0.1) is 0 Å². The molecule has 1 amide bonds. The van der Waals surface area contributed by atoms with Crippen LogP contribution in [0.1, 0.15) is 27.9 Å². The van der Waals surface area contributed by atoms with E-state index in [1.807, 2.05) is 48.5 Å². The first kappa shape index (κ1) is 24.9. The predicted molar refractivity (Wildman–Crippen MR) is 129 cm³/mol. The molecular weight excluding hydrogens is 458 g/mol. The standard InChI is InChI=1S/C26H26ClNO6/c1-31-20-8-4-18(5-9-20)16-33-23-13-12-22(26(30)28-14-3-15-29)24(27)25(23)34-17-19-6-10-21(32-2)11-7-19/h4-13,15H,3,14,16-17H2,1-2H3,(H,28,30). The molecule has 0 aliphatic heterocycles. The lowest BCUT2D eigenvalue weighted by Gasteiger charge is -2.17. The smallest absolute Gasteiger partial charge is 0.252 e. The second-order valence-electron chi connectivity index (χ2n) is 7.24. The van der Waals surface area contributed by atoms with Crippen molar-refractivity contribution >= 4 is 23.8 Å². The Bertz CT molecular complexity index is 1100. The molecule has 0 bridgehead atoms. The first-order chi connectivity index (χ1) is 16.5. The number of nitrogens with one attached hydrogen (secondary N) is 1. The van der Waals surface area contributed by atoms with E-state index in [0.29, 0.717) is 5.75 Å². The molecular formula is C26H26ClNO6. The van der Waals surface area contributed by atoms with Gasteiger partial charge < -0.3 is 29.1 Å². The average Bonchev–Trinajstić information content (AvgIpc) is 2.87. The SMILES string of the molecule is COc1ccc(COc2ccc(C(=O)NCCC=O)c(Cl)c2OCc2ccc(OC)cc2)cc1. The molecule has 0 atom stereocenters. The Morgan fingerprint density at radius 3 is 1.94 bits per heavy atom. The molecule has 0 radical (unpaired) electrons. The molecule has 3 rings (SSSR count). The van der Waals surface area contributed by atoms with Crippen LogP contribution in [0.2, 0.25) is 5.02 Å². The van der Waals surface area contributed by atoms with E-state index in [9.17, 15) is 9.59 Å². The van der Waals surface area contributed by atoms with Crippen LogP contribution in [0.5, 0.6) is 23.0 Å². The van der Waals surface area contributed by atoms with Gasteiger partial charge in [-0.1, -0.05) is 35.9 Å². The second-order valence-corrected chi connectivity index (χ2v) is 7.62. The highest BCUT2D eigenvalue weighted by Crippen LogP contribution is 2.39. The highest BCUT2D eigenvalue weighted by molar-refractivity contribution is 6.35. The van der Waals surface area contributed by atoms with Crippen LogP contribution in [-0.2, 0) is 18.0 Å². The fourth-order valence-electron chi connectivity index (χ4n) is 3.06. The summed E-state index contributed by atoms with van der Waals surface area (Å²) in [7, 11) is 3.21. The van der Waals surface area contributed by atoms with E-state index in [-0.39, 0.29) is 42.5 Å². The molecule has 8 heteroatoms. The fraction of sp³-hybridized carbons (Fsp3) is 0.231. The van der Waals surface area contributed by atoms with Crippen molar-refractivity contribution in [3.8, 4) is 23.0 Å². The lowest BCUT2D eigenvalue weighted by Crippen LogP contribution is -2.25. The number of benzene rings is 3. The number of aldehydes is 1. The Balaban J connectivity index is 1.82. The van der Waals surface area contributed by atoms with Crippen molar-refractivity contribution < 1.29 is 28.5 Å². The molecule has 0 fully saturated rings. The summed E-state index contributed by atoms with van der Waals surface area (Å²) in [5.74, 6) is 1.75. The van der Waals surface area contributed by atoms with Gasteiger partial charge in [0.1, 0.15) is 31.0 Å². The first-order valence-corrected chi connectivity index (χ1v) is 11.0. The van der Waals surface area contributed by atoms with Crippen molar-refractivity contribution in [1.82, 2.24) is 5.32 Å². The van der Waals surface area contributed by atoms with Gasteiger partial charge in [-0.3, -0.25) is 4.79 Å². The van der Waals surface area contributed by atoms with Crippen LogP contribution in [0.3, 0.4) is 0 Å². The summed E-state index contributed by atoms with van der Waals surface area (Å²) in [6, 6.07) is 18.1. The Morgan fingerprint density at radius 2 is 1.41 bits per heavy atom. The van der Waals surface area contributed by atoms with Crippen LogP contribution >= 0.6 is 11.6 Å². The van der Waals surface area contributed by atoms with Crippen LogP contribution < -0.4 is 24.3 Å². The molecule has 178 valence electrons. The average molecular weight is 484 g/mol. The van der Waals surface area contributed by atoms with Gasteiger partial charge in [0.05, 0.1) is 24.8 Å². The second kappa shape index (κ2) is 12.5. The zero-order chi connectivity index (χ0) is 24.3. The zero-order valence-corrected chi connectivity index (χ0v) is 19.8. The van der Waals surface area contributed by atoms with Crippen molar-refractivity contribution in [3.63, 3.8) is 0 Å². The van der Waals surface area contributed by atoms with E-state index in [1.165, 1.54) is 0 Å². The zero-order valence-electron chi connectivity index (χ0n) is 19.0. The van der Waals surface area contributed by atoms with E-state index in [0.717, 1.165) is 28.9 Å². The molecule has 0 saturated heterocycles. The lowest BCUT2D eigenvalue weighted by molar-refractivity contribution is -0.107. The third-order valence-electron chi connectivity index (χ3n) is 4.95. The molecule has 0 saturated carbocycles. The van der Waals surface area contributed by atoms with Crippen LogP contribution in [0.25, 0.3) is 0 Å². The predicted octanol–water partition coefficient (Wildman–Crippen LogP) is 4.83. The fourth-order valence-corrected chi connectivity index (χ4v) is 3.36. The minimum absolute atomic E-state index is 0.129. The Kier molecular flexibility index (Phi) is 9.17. The van der Waals surface area contributed by atoms with Gasteiger partial charge >= 0.3 is 0 Å². The van der Waals surface area contributed by atoms with Crippen molar-refractivity contribution in [2.45, 2.75) is 19.6 Å². The number of halogens is 1. The maximum Gasteiger partial charge on any atom is 0.252 e. The van der Waals surface area contributed by atoms with Gasteiger partial charge in [0.2, 0.25) is 0 Å². The summed E-state index contributed by atoms with van der Waals surface area (Å²) >= 11 is 6.58. The van der Waals surface area contributed by atoms with Gasteiger partial charge in [-0.25, -0.2) is 0 Å². The van der Waals surface area contributed by atoms with Crippen molar-refractivity contribution in [2.24, 2.45) is 0 Å². The van der Waals surface area contributed by atoms with E-state index < -0.39 is 5.91 Å². The highest BCUT2D eigenvalue weighted by Gasteiger charge is 2.19. The summed E-state index contributed by atoms with van der Waals surface area (Å²) in [5.41, 5.74) is 2.04. The van der Waals surface area contributed by atoms with Crippen molar-refractivity contribution in [3.05, 3.63) is 82.4 Å². The van der Waals surface area contributed by atoms with Crippen LogP contribution in [-0.4, -0.2) is 33.0 Å². The summed E-state index contributed by atoms with van der Waals surface area (Å²) in [5, 5.41) is 2.79. The topological polar surface area (TPSA) is 83.1 Å². The highest BCUT2D eigenvalue weighted by atomic mass is 35.5. The molecule has 7 nitrogen and oxygen atoms in total. The molecule has 0 aliphatic rings. The minimum atomic E-state index is -0.400. The molecule has 0 unspecified atom stereocenters. The number of methoxy groups -OCH3 is 2. The number of carbonyl (C=O) groups is 2. The number of hydrogen-bond acceptors (Lipinski definition) is 6. The maximum absolute atomic E-state index is 12.6. The van der Waals surface area contributed by atoms with E-state index in [1.54, 1.807) is 26.4 Å². The Hall–Kier alpha value is -3.71. The molecule has 3 aromatic carbocycles. The maximum atomic E-state index is 12.6. The summed E-state index contributed by atoms with van der Waals surface area (Å²) in [6.07, 6.45) is 0.953. The molecule has 1 N–H and O–H groups in total. The third-order valence-corrected chi connectivity index (χ3v) is 5.32. The largest absolute Gasteiger partial charge is 0.497 e. The quantitative estimate of drug-likeness (QED) is 0.293. The van der Waals surface area contributed by atoms with E-state index in [2.05, 4.69) is 5.32 Å². The van der Waals surface area contributed by atoms with E-state index in [4.69, 9.17) is 30.5 Å². The summed E-state index contributed by atoms with van der Waals surface area (Å²) in [4.78, 5) is 23.1. The molecule has 0 heterocycles. The van der Waals surface area contributed by atoms with Gasteiger partial charge in [0.15, 0.2) is 11.5 Å². The number of rotatable bonds is 12. The molecule has 3 aromatic rings. The molecule has 0 spiro atoms. The summed E-state index contributed by atoms with van der Waals surface area (Å²) in [6.45, 7) is 0.694. The van der Waals surface area contributed by atoms with Gasteiger partial charge in [-0.2, -0.15) is 0 Å².